The van der Waals surface area contributed by atoms with E-state index in [9.17, 15) is 9.18 Å². The van der Waals surface area contributed by atoms with Gasteiger partial charge in [-0.25, -0.2) is 4.39 Å². The molecule has 0 saturated carbocycles. The quantitative estimate of drug-likeness (QED) is 0.739. The first-order valence-corrected chi connectivity index (χ1v) is 7.78. The number of aromatic nitrogens is 2. The second-order valence-electron chi connectivity index (χ2n) is 6.02. The number of carbonyl (C=O) groups is 1. The molecule has 1 fully saturated rings. The summed E-state index contributed by atoms with van der Waals surface area (Å²) in [7, 11) is 1.83. The molecule has 3 aromatic rings. The van der Waals surface area contributed by atoms with Crippen molar-refractivity contribution in [1.82, 2.24) is 14.7 Å². The molecule has 0 radical (unpaired) electrons. The van der Waals surface area contributed by atoms with E-state index in [0.717, 1.165) is 23.4 Å². The minimum absolute atomic E-state index is 0.0383. The average Bonchev–Trinajstić information content (AvgIpc) is 3.12. The van der Waals surface area contributed by atoms with Gasteiger partial charge >= 0.3 is 0 Å². The van der Waals surface area contributed by atoms with Gasteiger partial charge in [0.05, 0.1) is 25.0 Å². The maximum absolute atomic E-state index is 13.3. The van der Waals surface area contributed by atoms with Crippen LogP contribution in [0.1, 0.15) is 5.76 Å². The molecule has 0 atom stereocenters. The van der Waals surface area contributed by atoms with E-state index in [2.05, 4.69) is 5.10 Å². The lowest BCUT2D eigenvalue weighted by molar-refractivity contribution is -0.121. The molecule has 1 aromatic carbocycles. The zero-order valence-corrected chi connectivity index (χ0v) is 13.3. The van der Waals surface area contributed by atoms with E-state index in [4.69, 9.17) is 4.42 Å². The summed E-state index contributed by atoms with van der Waals surface area (Å²) in [6.07, 6.45) is 3.53. The monoisotopic (exact) mass is 328 g/mol. The van der Waals surface area contributed by atoms with E-state index in [1.165, 1.54) is 12.1 Å². The third kappa shape index (κ3) is 2.78. The Morgan fingerprint density at radius 1 is 1.29 bits per heavy atom. The first-order chi connectivity index (χ1) is 11.6. The molecule has 124 valence electrons. The van der Waals surface area contributed by atoms with Crippen LogP contribution in [0.25, 0.3) is 11.0 Å². The summed E-state index contributed by atoms with van der Waals surface area (Å²) in [5, 5.41) is 4.85. The van der Waals surface area contributed by atoms with Crippen LogP contribution < -0.4 is 4.90 Å². The van der Waals surface area contributed by atoms with Gasteiger partial charge in [-0.2, -0.15) is 5.10 Å². The molecule has 1 saturated heterocycles. The highest BCUT2D eigenvalue weighted by Crippen LogP contribution is 2.23. The number of nitrogens with zero attached hydrogens (tertiary/aromatic N) is 4. The van der Waals surface area contributed by atoms with Crippen molar-refractivity contribution in [2.45, 2.75) is 6.54 Å². The number of aryl methyl sites for hydroxylation is 1. The number of fused-ring (bicyclic) bond motifs is 1. The van der Waals surface area contributed by atoms with Gasteiger partial charge in [0.2, 0.25) is 5.91 Å². The summed E-state index contributed by atoms with van der Waals surface area (Å²) < 4.78 is 20.7. The molecule has 1 aliphatic heterocycles. The molecule has 1 aliphatic rings. The summed E-state index contributed by atoms with van der Waals surface area (Å²) >= 11 is 0. The summed E-state index contributed by atoms with van der Waals surface area (Å²) in [5.41, 5.74) is 1.48. The second-order valence-corrected chi connectivity index (χ2v) is 6.02. The molecule has 3 heterocycles. The standard InChI is InChI=1S/C17H17FN4O2/c1-20-9-14(8-19-20)22-5-4-21(11-17(22)23)10-15-7-12-6-13(18)2-3-16(12)24-15/h2-3,6-9H,4-5,10-11H2,1H3. The molecule has 4 rings (SSSR count). The highest BCUT2D eigenvalue weighted by atomic mass is 19.1. The van der Waals surface area contributed by atoms with Crippen LogP contribution >= 0.6 is 0 Å². The lowest BCUT2D eigenvalue weighted by Gasteiger charge is -2.32. The molecule has 0 spiro atoms. The van der Waals surface area contributed by atoms with Crippen molar-refractivity contribution in [1.29, 1.82) is 0 Å². The maximum atomic E-state index is 13.3. The van der Waals surface area contributed by atoms with Crippen molar-refractivity contribution in [2.75, 3.05) is 24.5 Å². The maximum Gasteiger partial charge on any atom is 0.241 e. The van der Waals surface area contributed by atoms with Crippen molar-refractivity contribution in [3.05, 3.63) is 48.2 Å². The SMILES string of the molecule is Cn1cc(N2CCN(Cc3cc4cc(F)ccc4o3)CC2=O)cn1. The lowest BCUT2D eigenvalue weighted by Crippen LogP contribution is -2.50. The van der Waals surface area contributed by atoms with Gasteiger partial charge in [0.1, 0.15) is 17.2 Å². The summed E-state index contributed by atoms with van der Waals surface area (Å²) in [6.45, 7) is 2.20. The number of carbonyl (C=O) groups excluding carboxylic acids is 1. The first kappa shape index (κ1) is 14.9. The largest absolute Gasteiger partial charge is 0.460 e. The van der Waals surface area contributed by atoms with E-state index >= 15 is 0 Å². The number of rotatable bonds is 3. The predicted molar refractivity (Wildman–Crippen MR) is 87.0 cm³/mol. The van der Waals surface area contributed by atoms with E-state index in [1.807, 2.05) is 24.2 Å². The van der Waals surface area contributed by atoms with E-state index in [1.54, 1.807) is 21.8 Å². The van der Waals surface area contributed by atoms with Gasteiger partial charge in [0.15, 0.2) is 0 Å². The Labute approximate surface area is 138 Å². The predicted octanol–water partition coefficient (Wildman–Crippen LogP) is 2.15. The van der Waals surface area contributed by atoms with Crippen molar-refractivity contribution in [3.8, 4) is 0 Å². The average molecular weight is 328 g/mol. The number of benzene rings is 1. The lowest BCUT2D eigenvalue weighted by atomic mass is 10.2. The first-order valence-electron chi connectivity index (χ1n) is 7.78. The van der Waals surface area contributed by atoms with Gasteiger partial charge in [0.25, 0.3) is 0 Å². The van der Waals surface area contributed by atoms with Crippen LogP contribution in [0.5, 0.6) is 0 Å². The Hall–Kier alpha value is -2.67. The van der Waals surface area contributed by atoms with Crippen LogP contribution in [0, 0.1) is 5.82 Å². The molecule has 0 aliphatic carbocycles. The Balaban J connectivity index is 1.45. The number of amides is 1. The molecule has 6 nitrogen and oxygen atoms in total. The Morgan fingerprint density at radius 2 is 2.17 bits per heavy atom. The van der Waals surface area contributed by atoms with Crippen molar-refractivity contribution >= 4 is 22.6 Å². The number of hydrogen-bond acceptors (Lipinski definition) is 4. The summed E-state index contributed by atoms with van der Waals surface area (Å²) in [5.74, 6) is 0.491. The van der Waals surface area contributed by atoms with Gasteiger partial charge in [-0.1, -0.05) is 0 Å². The smallest absolute Gasteiger partial charge is 0.241 e. The number of piperazine rings is 1. The molecule has 7 heteroatoms. The van der Waals surface area contributed by atoms with Crippen LogP contribution in [0.3, 0.4) is 0 Å². The Bertz CT molecular complexity index is 901. The highest BCUT2D eigenvalue weighted by molar-refractivity contribution is 5.95. The minimum Gasteiger partial charge on any atom is -0.460 e. The fourth-order valence-electron chi connectivity index (χ4n) is 3.05. The molecule has 0 unspecified atom stereocenters. The third-order valence-electron chi connectivity index (χ3n) is 4.21. The topological polar surface area (TPSA) is 54.5 Å². The fourth-order valence-corrected chi connectivity index (χ4v) is 3.05. The molecule has 0 bridgehead atoms. The van der Waals surface area contributed by atoms with Gasteiger partial charge in [-0.05, 0) is 24.3 Å². The Kier molecular flexibility index (Phi) is 3.57. The molecular formula is C17H17FN4O2. The zero-order valence-electron chi connectivity index (χ0n) is 13.3. The third-order valence-corrected chi connectivity index (χ3v) is 4.21. The number of halogens is 1. The van der Waals surface area contributed by atoms with E-state index in [-0.39, 0.29) is 11.7 Å². The number of anilines is 1. The highest BCUT2D eigenvalue weighted by Gasteiger charge is 2.26. The van der Waals surface area contributed by atoms with Gasteiger partial charge in [-0.3, -0.25) is 14.4 Å². The minimum atomic E-state index is -0.282. The van der Waals surface area contributed by atoms with E-state index < -0.39 is 0 Å². The Morgan fingerprint density at radius 3 is 2.92 bits per heavy atom. The van der Waals surface area contributed by atoms with Crippen LogP contribution in [0.4, 0.5) is 10.1 Å². The summed E-state index contributed by atoms with van der Waals surface area (Å²) in [6, 6.07) is 6.29. The molecule has 0 N–H and O–H groups in total. The molecule has 2 aromatic heterocycles. The van der Waals surface area contributed by atoms with Crippen LogP contribution in [0.15, 0.2) is 41.1 Å². The van der Waals surface area contributed by atoms with Crippen molar-refractivity contribution in [2.24, 2.45) is 7.05 Å². The van der Waals surface area contributed by atoms with Crippen molar-refractivity contribution < 1.29 is 13.6 Å². The summed E-state index contributed by atoms with van der Waals surface area (Å²) in [4.78, 5) is 16.2. The van der Waals surface area contributed by atoms with Gasteiger partial charge < -0.3 is 9.32 Å². The van der Waals surface area contributed by atoms with Gasteiger partial charge in [-0.15, -0.1) is 0 Å². The molecule has 24 heavy (non-hydrogen) atoms. The fraction of sp³-hybridized carbons (Fsp3) is 0.294. The van der Waals surface area contributed by atoms with E-state index in [0.29, 0.717) is 25.2 Å². The van der Waals surface area contributed by atoms with Crippen LogP contribution in [-0.2, 0) is 18.4 Å². The number of furan rings is 1. The van der Waals surface area contributed by atoms with Crippen LogP contribution in [-0.4, -0.2) is 40.2 Å². The normalized spacial score (nSPS) is 16.2. The molecular weight excluding hydrogens is 311 g/mol. The van der Waals surface area contributed by atoms with Crippen molar-refractivity contribution in [3.63, 3.8) is 0 Å². The van der Waals surface area contributed by atoms with Crippen LogP contribution in [0.2, 0.25) is 0 Å². The second kappa shape index (κ2) is 5.76. The number of hydrogen-bond donors (Lipinski definition) is 0. The van der Waals surface area contributed by atoms with Gasteiger partial charge in [0, 0.05) is 31.7 Å². The molecule has 1 amide bonds. The zero-order chi connectivity index (χ0) is 16.7.